The molecule has 4 nitrogen and oxygen atoms in total. The lowest BCUT2D eigenvalue weighted by Gasteiger charge is -2.21. The molecule has 1 aliphatic rings. The number of anilines is 1. The van der Waals surface area contributed by atoms with Gasteiger partial charge >= 0.3 is 0 Å². The first-order chi connectivity index (χ1) is 10.3. The van der Waals surface area contributed by atoms with Gasteiger partial charge < -0.3 is 19.5 Å². The molecule has 0 amide bonds. The Labute approximate surface area is 124 Å². The van der Waals surface area contributed by atoms with Gasteiger partial charge in [-0.25, -0.2) is 0 Å². The van der Waals surface area contributed by atoms with Crippen molar-refractivity contribution in [3.8, 4) is 17.2 Å². The van der Waals surface area contributed by atoms with E-state index < -0.39 is 0 Å². The molecule has 4 heteroatoms. The molecule has 2 aromatic rings. The van der Waals surface area contributed by atoms with Crippen LogP contribution in [0.1, 0.15) is 18.5 Å². The molecule has 0 saturated carbocycles. The Morgan fingerprint density at radius 2 is 1.81 bits per heavy atom. The van der Waals surface area contributed by atoms with Gasteiger partial charge in [0.2, 0.25) is 0 Å². The van der Waals surface area contributed by atoms with Gasteiger partial charge in [0, 0.05) is 17.3 Å². The van der Waals surface area contributed by atoms with Crippen molar-refractivity contribution in [3.63, 3.8) is 0 Å². The molecular formula is C17H19NO3. The van der Waals surface area contributed by atoms with Crippen LogP contribution in [0, 0.1) is 0 Å². The summed E-state index contributed by atoms with van der Waals surface area (Å²) in [5, 5.41) is 3.47. The zero-order valence-corrected chi connectivity index (χ0v) is 12.3. The number of benzene rings is 2. The first-order valence-electron chi connectivity index (χ1n) is 7.07. The fraction of sp³-hybridized carbons (Fsp3) is 0.294. The van der Waals surface area contributed by atoms with Crippen LogP contribution < -0.4 is 19.5 Å². The zero-order chi connectivity index (χ0) is 14.7. The molecule has 1 N–H and O–H groups in total. The minimum Gasteiger partial charge on any atom is -0.496 e. The molecule has 2 aromatic carbocycles. The van der Waals surface area contributed by atoms with Gasteiger partial charge in [0.15, 0.2) is 11.5 Å². The average Bonchev–Trinajstić information content (AvgIpc) is 2.54. The molecule has 1 heterocycles. The summed E-state index contributed by atoms with van der Waals surface area (Å²) in [6.45, 7) is 3.31. The van der Waals surface area contributed by atoms with Crippen LogP contribution in [0.3, 0.4) is 0 Å². The van der Waals surface area contributed by atoms with Crippen LogP contribution in [-0.2, 0) is 0 Å². The highest BCUT2D eigenvalue weighted by molar-refractivity contribution is 5.56. The zero-order valence-electron chi connectivity index (χ0n) is 12.3. The van der Waals surface area contributed by atoms with Crippen molar-refractivity contribution < 1.29 is 14.2 Å². The summed E-state index contributed by atoms with van der Waals surface area (Å²) >= 11 is 0. The SMILES string of the molecule is COc1ccccc1C(C)Nc1ccc2c(c1)OCCO2. The smallest absolute Gasteiger partial charge is 0.163 e. The maximum atomic E-state index is 5.61. The Morgan fingerprint density at radius 1 is 1.05 bits per heavy atom. The van der Waals surface area contributed by atoms with Gasteiger partial charge in [-0.1, -0.05) is 18.2 Å². The summed E-state index contributed by atoms with van der Waals surface area (Å²) in [4.78, 5) is 0. The standard InChI is InChI=1S/C17H19NO3/c1-12(14-5-3-4-6-15(14)19-2)18-13-7-8-16-17(11-13)21-10-9-20-16/h3-8,11-12,18H,9-10H2,1-2H3. The van der Waals surface area contributed by atoms with Crippen molar-refractivity contribution in [1.29, 1.82) is 0 Å². The van der Waals surface area contributed by atoms with Crippen LogP contribution in [-0.4, -0.2) is 20.3 Å². The van der Waals surface area contributed by atoms with Crippen LogP contribution in [0.2, 0.25) is 0 Å². The van der Waals surface area contributed by atoms with E-state index in [0.717, 1.165) is 28.5 Å². The summed E-state index contributed by atoms with van der Waals surface area (Å²) in [6.07, 6.45) is 0. The van der Waals surface area contributed by atoms with Crippen molar-refractivity contribution in [1.82, 2.24) is 0 Å². The molecule has 1 atom stereocenters. The van der Waals surface area contributed by atoms with Crippen LogP contribution in [0.25, 0.3) is 0 Å². The predicted octanol–water partition coefficient (Wildman–Crippen LogP) is 3.64. The number of methoxy groups -OCH3 is 1. The molecule has 0 bridgehead atoms. The van der Waals surface area contributed by atoms with E-state index in [2.05, 4.69) is 18.3 Å². The average molecular weight is 285 g/mol. The number of nitrogens with one attached hydrogen (secondary N) is 1. The van der Waals surface area contributed by atoms with E-state index in [9.17, 15) is 0 Å². The maximum Gasteiger partial charge on any atom is 0.163 e. The fourth-order valence-corrected chi connectivity index (χ4v) is 2.49. The molecule has 110 valence electrons. The lowest BCUT2D eigenvalue weighted by atomic mass is 10.1. The largest absolute Gasteiger partial charge is 0.496 e. The van der Waals surface area contributed by atoms with Gasteiger partial charge in [0.05, 0.1) is 13.2 Å². The molecule has 1 unspecified atom stereocenters. The monoisotopic (exact) mass is 285 g/mol. The van der Waals surface area contributed by atoms with E-state index in [4.69, 9.17) is 14.2 Å². The Hall–Kier alpha value is -2.36. The number of fused-ring (bicyclic) bond motifs is 1. The van der Waals surface area contributed by atoms with Crippen LogP contribution in [0.5, 0.6) is 17.2 Å². The minimum absolute atomic E-state index is 0.128. The molecule has 3 rings (SSSR count). The van der Waals surface area contributed by atoms with Crippen molar-refractivity contribution in [2.24, 2.45) is 0 Å². The third-order valence-electron chi connectivity index (χ3n) is 3.53. The van der Waals surface area contributed by atoms with E-state index in [-0.39, 0.29) is 6.04 Å². The van der Waals surface area contributed by atoms with Gasteiger partial charge in [0.1, 0.15) is 19.0 Å². The van der Waals surface area contributed by atoms with Gasteiger partial charge in [-0.3, -0.25) is 0 Å². The highest BCUT2D eigenvalue weighted by atomic mass is 16.6. The van der Waals surface area contributed by atoms with Crippen molar-refractivity contribution in [2.75, 3.05) is 25.6 Å². The minimum atomic E-state index is 0.128. The summed E-state index contributed by atoms with van der Waals surface area (Å²) < 4.78 is 16.5. The second kappa shape index (κ2) is 5.95. The summed E-state index contributed by atoms with van der Waals surface area (Å²) in [5.74, 6) is 2.48. The van der Waals surface area contributed by atoms with Crippen molar-refractivity contribution in [3.05, 3.63) is 48.0 Å². The number of hydrogen-bond acceptors (Lipinski definition) is 4. The lowest BCUT2D eigenvalue weighted by Crippen LogP contribution is -2.15. The molecule has 0 aliphatic carbocycles. The Bertz CT molecular complexity index is 627. The third kappa shape index (κ3) is 2.89. The van der Waals surface area contributed by atoms with E-state index >= 15 is 0 Å². The molecule has 0 aromatic heterocycles. The van der Waals surface area contributed by atoms with Gasteiger partial charge in [0.25, 0.3) is 0 Å². The predicted molar refractivity (Wildman–Crippen MR) is 82.5 cm³/mol. The highest BCUT2D eigenvalue weighted by Gasteiger charge is 2.14. The summed E-state index contributed by atoms with van der Waals surface area (Å²) in [5.41, 5.74) is 2.12. The number of para-hydroxylation sites is 1. The fourth-order valence-electron chi connectivity index (χ4n) is 2.49. The Kier molecular flexibility index (Phi) is 3.86. The van der Waals surface area contributed by atoms with Gasteiger partial charge in [-0.2, -0.15) is 0 Å². The normalized spacial score (nSPS) is 14.4. The first-order valence-corrected chi connectivity index (χ1v) is 7.07. The third-order valence-corrected chi connectivity index (χ3v) is 3.53. The Morgan fingerprint density at radius 3 is 2.62 bits per heavy atom. The quantitative estimate of drug-likeness (QED) is 0.931. The van der Waals surface area contributed by atoms with Crippen molar-refractivity contribution >= 4 is 5.69 Å². The number of rotatable bonds is 4. The molecule has 21 heavy (non-hydrogen) atoms. The summed E-state index contributed by atoms with van der Waals surface area (Å²) in [7, 11) is 1.69. The molecule has 0 saturated heterocycles. The first kappa shape index (κ1) is 13.6. The maximum absolute atomic E-state index is 5.61. The molecular weight excluding hydrogens is 266 g/mol. The van der Waals surface area contributed by atoms with E-state index in [1.807, 2.05) is 36.4 Å². The van der Waals surface area contributed by atoms with Crippen LogP contribution in [0.4, 0.5) is 5.69 Å². The molecule has 1 aliphatic heterocycles. The highest BCUT2D eigenvalue weighted by Crippen LogP contribution is 2.34. The topological polar surface area (TPSA) is 39.7 Å². The van der Waals surface area contributed by atoms with Crippen LogP contribution >= 0.6 is 0 Å². The second-order valence-electron chi connectivity index (χ2n) is 4.97. The van der Waals surface area contributed by atoms with E-state index in [1.54, 1.807) is 7.11 Å². The second-order valence-corrected chi connectivity index (χ2v) is 4.97. The van der Waals surface area contributed by atoms with Gasteiger partial charge in [-0.05, 0) is 25.1 Å². The van der Waals surface area contributed by atoms with Crippen molar-refractivity contribution in [2.45, 2.75) is 13.0 Å². The van der Waals surface area contributed by atoms with E-state index in [1.165, 1.54) is 0 Å². The van der Waals surface area contributed by atoms with E-state index in [0.29, 0.717) is 13.2 Å². The summed E-state index contributed by atoms with van der Waals surface area (Å²) in [6, 6.07) is 14.1. The molecule has 0 spiro atoms. The molecule has 0 fully saturated rings. The number of ether oxygens (including phenoxy) is 3. The molecule has 0 radical (unpaired) electrons. The lowest BCUT2D eigenvalue weighted by molar-refractivity contribution is 0.171. The Balaban J connectivity index is 1.79. The van der Waals surface area contributed by atoms with Gasteiger partial charge in [-0.15, -0.1) is 0 Å². The number of hydrogen-bond donors (Lipinski definition) is 1. The van der Waals surface area contributed by atoms with Crippen LogP contribution in [0.15, 0.2) is 42.5 Å².